The zero-order valence-electron chi connectivity index (χ0n) is 23.7. The molecule has 0 N–H and O–H groups in total. The Hall–Kier alpha value is -1.39. The van der Waals surface area contributed by atoms with E-state index in [1.807, 2.05) is 18.2 Å². The number of allylic oxidation sites excluding steroid dienone is 2. The van der Waals surface area contributed by atoms with E-state index >= 15 is 0 Å². The van der Waals surface area contributed by atoms with Crippen LogP contribution in [-0.2, 0) is 9.16 Å². The highest BCUT2D eigenvalue weighted by Crippen LogP contribution is 2.37. The molecule has 0 aliphatic carbocycles. The van der Waals surface area contributed by atoms with Gasteiger partial charge in [-0.3, -0.25) is 0 Å². The highest BCUT2D eigenvalue weighted by atomic mass is 28.4. The highest BCUT2D eigenvalue weighted by molar-refractivity contribution is 6.74. The van der Waals surface area contributed by atoms with Crippen molar-refractivity contribution in [2.24, 2.45) is 4.99 Å². The van der Waals surface area contributed by atoms with E-state index < -0.39 is 8.32 Å². The number of aliphatic imine (C=N–C) groups is 1. The van der Waals surface area contributed by atoms with Gasteiger partial charge in [-0.25, -0.2) is 4.99 Å². The van der Waals surface area contributed by atoms with Gasteiger partial charge in [0.15, 0.2) is 8.32 Å². The topological polar surface area (TPSA) is 30.8 Å². The molecule has 2 atom stereocenters. The van der Waals surface area contributed by atoms with Crippen molar-refractivity contribution in [1.29, 1.82) is 0 Å². The fourth-order valence-corrected chi connectivity index (χ4v) is 5.21. The number of ether oxygens (including phenoxy) is 1. The summed E-state index contributed by atoms with van der Waals surface area (Å²) in [6.07, 6.45) is 20.5. The first-order valence-electron chi connectivity index (χ1n) is 14.3. The van der Waals surface area contributed by atoms with Gasteiger partial charge in [0.25, 0.3) is 0 Å². The molecule has 2 rings (SSSR count). The summed E-state index contributed by atoms with van der Waals surface area (Å²) in [6, 6.07) is 10.4. The van der Waals surface area contributed by atoms with E-state index in [2.05, 4.69) is 65.1 Å². The molecule has 1 aromatic carbocycles. The molecule has 1 aromatic rings. The number of nitrogens with zero attached hydrogens (tertiary/aromatic N) is 1. The third kappa shape index (κ3) is 11.0. The Morgan fingerprint density at radius 1 is 0.886 bits per heavy atom. The predicted octanol–water partition coefficient (Wildman–Crippen LogP) is 9.48. The van der Waals surface area contributed by atoms with Gasteiger partial charge in [0, 0.05) is 5.56 Å². The van der Waals surface area contributed by atoms with Crippen LogP contribution in [0.25, 0.3) is 0 Å². The van der Waals surface area contributed by atoms with Crippen LogP contribution in [-0.4, -0.2) is 33.0 Å². The molecule has 0 aromatic heterocycles. The van der Waals surface area contributed by atoms with E-state index in [0.717, 1.165) is 24.3 Å². The average Bonchev–Trinajstić information content (AvgIpc) is 3.24. The van der Waals surface area contributed by atoms with Crippen LogP contribution in [0.4, 0.5) is 0 Å². The van der Waals surface area contributed by atoms with Gasteiger partial charge < -0.3 is 9.16 Å². The SMILES string of the molecule is CCCCCCCCCCC/C=C\CC[C@H]1OC(c2ccccc2)=N[C@H]1CO[Si](C)(C)C(C)(C)C. The van der Waals surface area contributed by atoms with Crippen molar-refractivity contribution >= 4 is 14.2 Å². The summed E-state index contributed by atoms with van der Waals surface area (Å²) >= 11 is 0. The molecule has 4 heteroatoms. The second kappa shape index (κ2) is 15.7. The Morgan fingerprint density at radius 3 is 2.11 bits per heavy atom. The molecule has 1 aliphatic rings. The Kier molecular flexibility index (Phi) is 13.3. The van der Waals surface area contributed by atoms with Gasteiger partial charge >= 0.3 is 0 Å². The Bertz CT molecular complexity index is 751. The molecular weight excluding hydrogens is 446 g/mol. The smallest absolute Gasteiger partial charge is 0.216 e. The van der Waals surface area contributed by atoms with E-state index in [1.165, 1.54) is 64.2 Å². The number of unbranched alkanes of at least 4 members (excludes halogenated alkanes) is 9. The molecule has 0 saturated heterocycles. The maximum atomic E-state index is 6.54. The molecule has 0 unspecified atom stereocenters. The lowest BCUT2D eigenvalue weighted by molar-refractivity contribution is 0.145. The van der Waals surface area contributed by atoms with Gasteiger partial charge in [-0.05, 0) is 55.9 Å². The second-order valence-electron chi connectivity index (χ2n) is 11.8. The summed E-state index contributed by atoms with van der Waals surface area (Å²) in [5.41, 5.74) is 1.06. The summed E-state index contributed by atoms with van der Waals surface area (Å²) in [5.74, 6) is 0.776. The molecule has 0 spiro atoms. The number of hydrogen-bond donors (Lipinski definition) is 0. The van der Waals surface area contributed by atoms with Crippen LogP contribution < -0.4 is 0 Å². The zero-order valence-corrected chi connectivity index (χ0v) is 24.7. The summed E-state index contributed by atoms with van der Waals surface area (Å²) < 4.78 is 12.9. The summed E-state index contributed by atoms with van der Waals surface area (Å²) in [6.45, 7) is 14.4. The molecule has 198 valence electrons. The van der Waals surface area contributed by atoms with Crippen LogP contribution in [0.1, 0.15) is 110 Å². The van der Waals surface area contributed by atoms with Crippen molar-refractivity contribution in [2.75, 3.05) is 6.61 Å². The summed E-state index contributed by atoms with van der Waals surface area (Å²) in [4.78, 5) is 4.97. The second-order valence-corrected chi connectivity index (χ2v) is 16.6. The molecule has 0 fully saturated rings. The lowest BCUT2D eigenvalue weighted by Gasteiger charge is -2.37. The van der Waals surface area contributed by atoms with Gasteiger partial charge in [0.2, 0.25) is 5.90 Å². The minimum atomic E-state index is -1.81. The normalized spacial score (nSPS) is 18.7. The van der Waals surface area contributed by atoms with Crippen molar-refractivity contribution in [3.8, 4) is 0 Å². The van der Waals surface area contributed by atoms with Crippen molar-refractivity contribution in [3.63, 3.8) is 0 Å². The highest BCUT2D eigenvalue weighted by Gasteiger charge is 2.39. The Morgan fingerprint density at radius 2 is 1.49 bits per heavy atom. The van der Waals surface area contributed by atoms with E-state index in [-0.39, 0.29) is 17.2 Å². The van der Waals surface area contributed by atoms with Crippen LogP contribution in [0.15, 0.2) is 47.5 Å². The summed E-state index contributed by atoms with van der Waals surface area (Å²) in [7, 11) is -1.81. The predicted molar refractivity (Wildman–Crippen MR) is 155 cm³/mol. The molecule has 1 aliphatic heterocycles. The minimum absolute atomic E-state index is 0.0741. The van der Waals surface area contributed by atoms with Gasteiger partial charge in [0.05, 0.1) is 6.61 Å². The van der Waals surface area contributed by atoms with Crippen LogP contribution in [0.2, 0.25) is 18.1 Å². The van der Waals surface area contributed by atoms with E-state index in [9.17, 15) is 0 Å². The van der Waals surface area contributed by atoms with Crippen molar-refractivity contribution < 1.29 is 9.16 Å². The molecule has 0 saturated carbocycles. The average molecular weight is 500 g/mol. The van der Waals surface area contributed by atoms with Crippen molar-refractivity contribution in [2.45, 2.75) is 135 Å². The van der Waals surface area contributed by atoms with Crippen molar-refractivity contribution in [3.05, 3.63) is 48.0 Å². The lowest BCUT2D eigenvalue weighted by atomic mass is 10.1. The Labute approximate surface area is 217 Å². The van der Waals surface area contributed by atoms with Gasteiger partial charge in [0.1, 0.15) is 12.1 Å². The molecule has 1 heterocycles. The third-order valence-corrected chi connectivity index (χ3v) is 12.2. The third-order valence-electron chi connectivity index (χ3n) is 7.68. The quantitative estimate of drug-likeness (QED) is 0.121. The van der Waals surface area contributed by atoms with Crippen LogP contribution in [0, 0.1) is 0 Å². The standard InChI is InChI=1S/C31H53NO2Si/c1-7-8-9-10-11-12-13-14-15-16-17-18-22-25-29-28(26-33-35(5,6)31(2,3)4)32-30(34-29)27-23-20-19-21-24-27/h17-21,23-24,28-29H,7-16,22,25-26H2,1-6H3/b18-17-/t28-,29+/m0/s1. The van der Waals surface area contributed by atoms with Crippen molar-refractivity contribution in [1.82, 2.24) is 0 Å². The molecule has 0 bridgehead atoms. The maximum Gasteiger partial charge on any atom is 0.216 e. The molecule has 3 nitrogen and oxygen atoms in total. The lowest BCUT2D eigenvalue weighted by Crippen LogP contribution is -2.43. The van der Waals surface area contributed by atoms with Gasteiger partial charge in [-0.15, -0.1) is 0 Å². The zero-order chi connectivity index (χ0) is 25.6. The fourth-order valence-electron chi connectivity index (χ4n) is 4.18. The van der Waals surface area contributed by atoms with Gasteiger partial charge in [-0.2, -0.15) is 0 Å². The number of rotatable bonds is 17. The first-order chi connectivity index (χ1) is 16.7. The molecular formula is C31H53NO2Si. The maximum absolute atomic E-state index is 6.54. The molecule has 0 radical (unpaired) electrons. The van der Waals surface area contributed by atoms with E-state index in [4.69, 9.17) is 14.2 Å². The van der Waals surface area contributed by atoms with E-state index in [1.54, 1.807) is 0 Å². The molecule has 0 amide bonds. The van der Waals surface area contributed by atoms with Crippen LogP contribution in [0.3, 0.4) is 0 Å². The largest absolute Gasteiger partial charge is 0.472 e. The van der Waals surface area contributed by atoms with E-state index in [0.29, 0.717) is 6.61 Å². The van der Waals surface area contributed by atoms with Gasteiger partial charge in [-0.1, -0.05) is 109 Å². The monoisotopic (exact) mass is 499 g/mol. The van der Waals surface area contributed by atoms with Crippen LogP contribution >= 0.6 is 0 Å². The minimum Gasteiger partial charge on any atom is -0.472 e. The first-order valence-corrected chi connectivity index (χ1v) is 17.2. The fraction of sp³-hybridized carbons (Fsp3) is 0.710. The van der Waals surface area contributed by atoms with Crippen LogP contribution in [0.5, 0.6) is 0 Å². The first kappa shape index (κ1) is 29.8. The summed E-state index contributed by atoms with van der Waals surface area (Å²) in [5, 5.41) is 0.200. The number of hydrogen-bond acceptors (Lipinski definition) is 3. The molecule has 35 heavy (non-hydrogen) atoms. The number of benzene rings is 1. The Balaban J connectivity index is 1.75.